The average molecular weight is 313 g/mol. The Kier molecular flexibility index (Phi) is 3.98. The van der Waals surface area contributed by atoms with E-state index in [4.69, 9.17) is 0 Å². The van der Waals surface area contributed by atoms with E-state index in [0.29, 0.717) is 13.1 Å². The van der Waals surface area contributed by atoms with E-state index >= 15 is 0 Å². The lowest BCUT2D eigenvalue weighted by atomic mass is 10.0. The topological polar surface area (TPSA) is 49.9 Å². The van der Waals surface area contributed by atoms with Crippen molar-refractivity contribution in [3.8, 4) is 5.88 Å². The van der Waals surface area contributed by atoms with Crippen LogP contribution in [0, 0.1) is 0 Å². The normalized spacial score (nSPS) is 16.2. The summed E-state index contributed by atoms with van der Waals surface area (Å²) in [5, 5.41) is 10.5. The molecule has 2 aromatic rings. The van der Waals surface area contributed by atoms with Gasteiger partial charge in [0.15, 0.2) is 4.80 Å². The summed E-state index contributed by atoms with van der Waals surface area (Å²) in [5.74, 6) is 0.282. The summed E-state index contributed by atoms with van der Waals surface area (Å²) in [4.78, 5) is 10.7. The van der Waals surface area contributed by atoms with Gasteiger partial charge in [-0.3, -0.25) is 14.6 Å². The summed E-state index contributed by atoms with van der Waals surface area (Å²) in [7, 11) is 0. The van der Waals surface area contributed by atoms with Crippen LogP contribution in [0.5, 0.6) is 5.88 Å². The van der Waals surface area contributed by atoms with Crippen molar-refractivity contribution in [2.24, 2.45) is 9.98 Å². The van der Waals surface area contributed by atoms with Crippen LogP contribution in [0.3, 0.4) is 0 Å². The molecule has 0 spiro atoms. The van der Waals surface area contributed by atoms with Crippen molar-refractivity contribution in [2.75, 3.05) is 6.54 Å². The van der Waals surface area contributed by atoms with Crippen LogP contribution in [0.15, 0.2) is 34.3 Å². The van der Waals surface area contributed by atoms with E-state index in [1.54, 1.807) is 0 Å². The molecule has 2 heterocycles. The lowest BCUT2D eigenvalue weighted by Gasteiger charge is -2.02. The van der Waals surface area contributed by atoms with Crippen molar-refractivity contribution in [1.82, 2.24) is 4.57 Å². The van der Waals surface area contributed by atoms with Crippen molar-refractivity contribution in [3.05, 3.63) is 39.5 Å². The van der Waals surface area contributed by atoms with Gasteiger partial charge in [0.1, 0.15) is 0 Å². The molecule has 22 heavy (non-hydrogen) atoms. The summed E-state index contributed by atoms with van der Waals surface area (Å²) in [5.41, 5.74) is 4.15. The molecule has 0 atom stereocenters. The van der Waals surface area contributed by atoms with E-state index in [2.05, 4.69) is 16.1 Å². The first-order chi connectivity index (χ1) is 10.7. The number of para-hydroxylation sites is 1. The molecule has 1 aliphatic rings. The molecule has 0 aliphatic carbocycles. The van der Waals surface area contributed by atoms with Gasteiger partial charge in [-0.15, -0.1) is 0 Å². The maximum Gasteiger partial charge on any atom is 0.211 e. The number of aliphatic imine (C=N–C) groups is 1. The first kappa shape index (κ1) is 14.8. The summed E-state index contributed by atoms with van der Waals surface area (Å²) < 4.78 is 1.84. The molecule has 5 heteroatoms. The summed E-state index contributed by atoms with van der Waals surface area (Å²) >= 11 is 1.51. The molecule has 3 rings (SSSR count). The lowest BCUT2D eigenvalue weighted by molar-refractivity contribution is 0.415. The van der Waals surface area contributed by atoms with Crippen molar-refractivity contribution in [1.29, 1.82) is 0 Å². The molecule has 0 amide bonds. The number of aromatic hydroxyl groups is 1. The standard InChI is InChI=1S/C17H19N3OS/c1-4-18-17-20(5-2)16(21)15(22-17)10-13-11(3)19-14-9-7-6-8-12(13)14/h6-10,21H,4-5H2,1-3H3. The highest BCUT2D eigenvalue weighted by atomic mass is 32.1. The van der Waals surface area contributed by atoms with Gasteiger partial charge in [0.25, 0.3) is 0 Å². The fourth-order valence-electron chi connectivity index (χ4n) is 2.60. The second kappa shape index (κ2) is 5.93. The minimum atomic E-state index is 0.282. The molecule has 1 aromatic heterocycles. The zero-order valence-electron chi connectivity index (χ0n) is 13.0. The summed E-state index contributed by atoms with van der Waals surface area (Å²) in [6, 6.07) is 8.08. The van der Waals surface area contributed by atoms with Gasteiger partial charge < -0.3 is 5.11 Å². The second-order valence-electron chi connectivity index (χ2n) is 5.06. The third kappa shape index (κ3) is 2.41. The van der Waals surface area contributed by atoms with Crippen LogP contribution in [0.25, 0.3) is 11.6 Å². The number of hydrogen-bond acceptors (Lipinski definition) is 4. The van der Waals surface area contributed by atoms with Gasteiger partial charge in [0.2, 0.25) is 5.88 Å². The molecule has 0 unspecified atom stereocenters. The van der Waals surface area contributed by atoms with Crippen LogP contribution in [-0.2, 0) is 6.54 Å². The van der Waals surface area contributed by atoms with Crippen LogP contribution in [0.1, 0.15) is 31.2 Å². The Balaban J connectivity index is 2.15. The number of nitrogens with zero attached hydrogens (tertiary/aromatic N) is 3. The van der Waals surface area contributed by atoms with Gasteiger partial charge in [-0.1, -0.05) is 29.5 Å². The molecule has 0 bridgehead atoms. The predicted octanol–water partition coefficient (Wildman–Crippen LogP) is 3.84. The Morgan fingerprint density at radius 1 is 1.32 bits per heavy atom. The monoisotopic (exact) mass is 313 g/mol. The number of allylic oxidation sites excluding steroid dienone is 1. The Morgan fingerprint density at radius 3 is 2.82 bits per heavy atom. The number of benzene rings is 1. The molecule has 1 aromatic carbocycles. The van der Waals surface area contributed by atoms with E-state index in [-0.39, 0.29) is 5.88 Å². The van der Waals surface area contributed by atoms with E-state index in [9.17, 15) is 5.11 Å². The minimum Gasteiger partial charge on any atom is -0.493 e. The maximum absolute atomic E-state index is 10.5. The van der Waals surface area contributed by atoms with Crippen LogP contribution < -0.4 is 4.80 Å². The highest BCUT2D eigenvalue weighted by molar-refractivity contribution is 7.10. The molecule has 0 saturated heterocycles. The van der Waals surface area contributed by atoms with Crippen molar-refractivity contribution >= 4 is 34.4 Å². The summed E-state index contributed by atoms with van der Waals surface area (Å²) in [6.07, 6.45) is 2.02. The third-order valence-electron chi connectivity index (χ3n) is 3.67. The van der Waals surface area contributed by atoms with Gasteiger partial charge in [-0.2, -0.15) is 0 Å². The molecule has 0 radical (unpaired) electrons. The van der Waals surface area contributed by atoms with Crippen LogP contribution in [0.4, 0.5) is 5.69 Å². The zero-order chi connectivity index (χ0) is 15.7. The van der Waals surface area contributed by atoms with Crippen molar-refractivity contribution < 1.29 is 5.11 Å². The molecule has 114 valence electrons. The highest BCUT2D eigenvalue weighted by Crippen LogP contribution is 2.37. The van der Waals surface area contributed by atoms with E-state index < -0.39 is 0 Å². The van der Waals surface area contributed by atoms with E-state index in [1.165, 1.54) is 11.3 Å². The number of rotatable bonds is 3. The van der Waals surface area contributed by atoms with E-state index in [0.717, 1.165) is 32.2 Å². The molecule has 1 N–H and O–H groups in total. The number of hydrogen-bond donors (Lipinski definition) is 1. The fraction of sp³-hybridized carbons (Fsp3) is 0.294. The third-order valence-corrected chi connectivity index (χ3v) is 4.72. The minimum absolute atomic E-state index is 0.282. The molecule has 1 aliphatic heterocycles. The van der Waals surface area contributed by atoms with Crippen molar-refractivity contribution in [3.63, 3.8) is 0 Å². The van der Waals surface area contributed by atoms with Crippen LogP contribution in [0.2, 0.25) is 0 Å². The zero-order valence-corrected chi connectivity index (χ0v) is 13.8. The molecule has 0 fully saturated rings. The fourth-order valence-corrected chi connectivity index (χ4v) is 3.70. The van der Waals surface area contributed by atoms with Gasteiger partial charge >= 0.3 is 0 Å². The Hall–Kier alpha value is -2.14. The highest BCUT2D eigenvalue weighted by Gasteiger charge is 2.19. The smallest absolute Gasteiger partial charge is 0.211 e. The predicted molar refractivity (Wildman–Crippen MR) is 92.8 cm³/mol. The number of thiazole rings is 1. The SMILES string of the molecule is CCN=c1sc(C=C2C(C)=Nc3ccccc32)c(O)n1CC. The quantitative estimate of drug-likeness (QED) is 0.919. The van der Waals surface area contributed by atoms with Crippen molar-refractivity contribution in [2.45, 2.75) is 27.3 Å². The molecule has 4 nitrogen and oxygen atoms in total. The number of aromatic nitrogens is 1. The van der Waals surface area contributed by atoms with E-state index in [1.807, 2.05) is 49.6 Å². The first-order valence-electron chi connectivity index (χ1n) is 7.45. The number of fused-ring (bicyclic) bond motifs is 1. The average Bonchev–Trinajstić information content (AvgIpc) is 2.98. The van der Waals surface area contributed by atoms with Gasteiger partial charge in [-0.25, -0.2) is 0 Å². The Labute approximate surface area is 133 Å². The lowest BCUT2D eigenvalue weighted by Crippen LogP contribution is -2.13. The molecule has 0 saturated carbocycles. The molecular weight excluding hydrogens is 294 g/mol. The largest absolute Gasteiger partial charge is 0.493 e. The van der Waals surface area contributed by atoms with Gasteiger partial charge in [0, 0.05) is 29.9 Å². The molecular formula is C17H19N3OS. The van der Waals surface area contributed by atoms with Gasteiger partial charge in [0.05, 0.1) is 10.6 Å². The van der Waals surface area contributed by atoms with Gasteiger partial charge in [-0.05, 0) is 32.9 Å². The summed E-state index contributed by atoms with van der Waals surface area (Å²) in [6.45, 7) is 7.42. The van der Waals surface area contributed by atoms with Crippen LogP contribution >= 0.6 is 11.3 Å². The second-order valence-corrected chi connectivity index (χ2v) is 6.07. The Morgan fingerprint density at radius 2 is 2.09 bits per heavy atom. The van der Waals surface area contributed by atoms with Crippen LogP contribution in [-0.4, -0.2) is 21.9 Å². The maximum atomic E-state index is 10.5. The first-order valence-corrected chi connectivity index (χ1v) is 8.27. The Bertz CT molecular complexity index is 840.